The minimum Gasteiger partial charge on any atom is -0.317 e. The predicted octanol–water partition coefficient (Wildman–Crippen LogP) is 1.29. The summed E-state index contributed by atoms with van der Waals surface area (Å²) in [5.74, 6) is -0.658. The van der Waals surface area contributed by atoms with Gasteiger partial charge in [-0.3, -0.25) is 5.10 Å². The molecule has 1 aliphatic rings. The van der Waals surface area contributed by atoms with Gasteiger partial charge in [0.15, 0.2) is 0 Å². The van der Waals surface area contributed by atoms with Gasteiger partial charge in [0.1, 0.15) is 5.82 Å². The summed E-state index contributed by atoms with van der Waals surface area (Å²) in [6.45, 7) is 1.62. The van der Waals surface area contributed by atoms with Crippen molar-refractivity contribution >= 4 is 0 Å². The molecule has 1 saturated heterocycles. The van der Waals surface area contributed by atoms with Crippen molar-refractivity contribution in [2.24, 2.45) is 0 Å². The van der Waals surface area contributed by atoms with Crippen LogP contribution in [0.5, 0.6) is 0 Å². The smallest absolute Gasteiger partial charge is 0.317 e. The molecule has 0 saturated carbocycles. The Labute approximate surface area is 84.3 Å². The fourth-order valence-corrected chi connectivity index (χ4v) is 1.68. The Bertz CT molecular complexity index is 327. The van der Waals surface area contributed by atoms with E-state index in [0.717, 1.165) is 25.9 Å². The van der Waals surface area contributed by atoms with Crippen molar-refractivity contribution in [2.45, 2.75) is 24.9 Å². The Balaban J connectivity index is 2.12. The summed E-state index contributed by atoms with van der Waals surface area (Å²) in [6.07, 6.45) is -2.86. The minimum atomic E-state index is -4.46. The molecule has 2 rings (SSSR count). The van der Waals surface area contributed by atoms with Crippen molar-refractivity contribution < 1.29 is 13.2 Å². The highest BCUT2D eigenvalue weighted by atomic mass is 19.4. The van der Waals surface area contributed by atoms with Gasteiger partial charge in [0.05, 0.1) is 0 Å². The van der Waals surface area contributed by atoms with Gasteiger partial charge in [-0.2, -0.15) is 13.2 Å². The lowest BCUT2D eigenvalue weighted by atomic mass is 9.98. The lowest BCUT2D eigenvalue weighted by molar-refractivity contribution is -0.144. The zero-order chi connectivity index (χ0) is 10.9. The topological polar surface area (TPSA) is 53.6 Å². The molecule has 7 heteroatoms. The molecule has 1 aromatic heterocycles. The fraction of sp³-hybridized carbons (Fsp3) is 0.750. The number of rotatable bonds is 1. The molecule has 15 heavy (non-hydrogen) atoms. The number of alkyl halides is 3. The van der Waals surface area contributed by atoms with Crippen molar-refractivity contribution in [3.63, 3.8) is 0 Å². The standard InChI is InChI=1S/C8H11F3N4/c9-8(10,11)7-13-6(14-15-7)5-1-3-12-4-2-5/h5,12H,1-4H2,(H,13,14,15). The van der Waals surface area contributed by atoms with E-state index in [2.05, 4.69) is 20.5 Å². The number of H-pyrrole nitrogens is 1. The van der Waals surface area contributed by atoms with Crippen LogP contribution in [0.1, 0.15) is 30.4 Å². The summed E-state index contributed by atoms with van der Waals surface area (Å²) in [5, 5.41) is 8.69. The van der Waals surface area contributed by atoms with Gasteiger partial charge in [0.25, 0.3) is 5.82 Å². The van der Waals surface area contributed by atoms with Crippen molar-refractivity contribution in [3.05, 3.63) is 11.6 Å². The number of nitrogens with zero attached hydrogens (tertiary/aromatic N) is 2. The second-order valence-corrected chi connectivity index (χ2v) is 3.57. The Kier molecular flexibility index (Phi) is 2.64. The van der Waals surface area contributed by atoms with Crippen LogP contribution in [0.3, 0.4) is 0 Å². The number of hydrogen-bond donors (Lipinski definition) is 2. The summed E-state index contributed by atoms with van der Waals surface area (Å²) in [4.78, 5) is 3.49. The Morgan fingerprint density at radius 3 is 2.40 bits per heavy atom. The zero-order valence-electron chi connectivity index (χ0n) is 7.93. The number of nitrogens with one attached hydrogen (secondary N) is 2. The minimum absolute atomic E-state index is 0.0647. The molecule has 0 atom stereocenters. The van der Waals surface area contributed by atoms with E-state index >= 15 is 0 Å². The third-order valence-corrected chi connectivity index (χ3v) is 2.48. The van der Waals surface area contributed by atoms with Crippen LogP contribution in [-0.2, 0) is 6.18 Å². The van der Waals surface area contributed by atoms with Gasteiger partial charge in [-0.25, -0.2) is 4.98 Å². The summed E-state index contributed by atoms with van der Waals surface area (Å²) < 4.78 is 36.6. The van der Waals surface area contributed by atoms with Gasteiger partial charge in [-0.05, 0) is 25.9 Å². The molecule has 0 aliphatic carbocycles. The zero-order valence-corrected chi connectivity index (χ0v) is 7.93. The molecule has 1 aliphatic heterocycles. The number of halogens is 3. The molecule has 0 amide bonds. The third-order valence-electron chi connectivity index (χ3n) is 2.48. The summed E-state index contributed by atoms with van der Waals surface area (Å²) in [6, 6.07) is 0. The van der Waals surface area contributed by atoms with Gasteiger partial charge in [-0.1, -0.05) is 0 Å². The van der Waals surface area contributed by atoms with Crippen molar-refractivity contribution in [1.82, 2.24) is 20.5 Å². The monoisotopic (exact) mass is 220 g/mol. The van der Waals surface area contributed by atoms with Crippen LogP contribution in [0.4, 0.5) is 13.2 Å². The van der Waals surface area contributed by atoms with Crippen LogP contribution in [0.15, 0.2) is 0 Å². The lowest BCUT2D eigenvalue weighted by Crippen LogP contribution is -2.27. The van der Waals surface area contributed by atoms with Crippen LogP contribution in [0, 0.1) is 0 Å². The summed E-state index contributed by atoms with van der Waals surface area (Å²) >= 11 is 0. The van der Waals surface area contributed by atoms with Gasteiger partial charge in [0, 0.05) is 5.92 Å². The molecule has 0 radical (unpaired) electrons. The second-order valence-electron chi connectivity index (χ2n) is 3.57. The molecule has 84 valence electrons. The van der Waals surface area contributed by atoms with Crippen molar-refractivity contribution in [2.75, 3.05) is 13.1 Å². The van der Waals surface area contributed by atoms with E-state index in [1.54, 1.807) is 0 Å². The highest BCUT2D eigenvalue weighted by molar-refractivity contribution is 5.01. The maximum Gasteiger partial charge on any atom is 0.453 e. The molecule has 0 spiro atoms. The Morgan fingerprint density at radius 1 is 1.20 bits per heavy atom. The molecule has 1 aromatic rings. The largest absolute Gasteiger partial charge is 0.453 e. The van der Waals surface area contributed by atoms with Gasteiger partial charge >= 0.3 is 6.18 Å². The Morgan fingerprint density at radius 2 is 1.87 bits per heavy atom. The maximum absolute atomic E-state index is 12.2. The number of piperidine rings is 1. The fourth-order valence-electron chi connectivity index (χ4n) is 1.68. The van der Waals surface area contributed by atoms with Gasteiger partial charge in [-0.15, -0.1) is 5.10 Å². The first-order valence-electron chi connectivity index (χ1n) is 4.77. The summed E-state index contributed by atoms with van der Waals surface area (Å²) in [7, 11) is 0. The predicted molar refractivity (Wildman–Crippen MR) is 46.2 cm³/mol. The normalized spacial score (nSPS) is 19.4. The first-order chi connectivity index (χ1) is 7.07. The number of aromatic nitrogens is 3. The maximum atomic E-state index is 12.2. The molecular weight excluding hydrogens is 209 g/mol. The van der Waals surface area contributed by atoms with E-state index < -0.39 is 12.0 Å². The molecule has 0 aromatic carbocycles. The highest BCUT2D eigenvalue weighted by Crippen LogP contribution is 2.28. The van der Waals surface area contributed by atoms with Crippen molar-refractivity contribution in [3.8, 4) is 0 Å². The molecule has 0 bridgehead atoms. The van der Waals surface area contributed by atoms with Crippen molar-refractivity contribution in [1.29, 1.82) is 0 Å². The highest BCUT2D eigenvalue weighted by Gasteiger charge is 2.36. The second kappa shape index (κ2) is 3.80. The van der Waals surface area contributed by atoms with E-state index in [0.29, 0.717) is 5.82 Å². The quantitative estimate of drug-likeness (QED) is 0.749. The molecule has 0 unspecified atom stereocenters. The van der Waals surface area contributed by atoms with Crippen LogP contribution in [-0.4, -0.2) is 28.3 Å². The molecule has 2 heterocycles. The first kappa shape index (κ1) is 10.4. The van der Waals surface area contributed by atoms with E-state index in [1.807, 2.05) is 0 Å². The average Bonchev–Trinajstić information content (AvgIpc) is 2.67. The first-order valence-corrected chi connectivity index (χ1v) is 4.77. The van der Waals surface area contributed by atoms with Crippen LogP contribution < -0.4 is 5.32 Å². The molecule has 1 fully saturated rings. The average molecular weight is 220 g/mol. The van der Waals surface area contributed by atoms with Crippen LogP contribution >= 0.6 is 0 Å². The van der Waals surface area contributed by atoms with Crippen LogP contribution in [0.25, 0.3) is 0 Å². The SMILES string of the molecule is FC(F)(F)c1n[nH]c(C2CCNCC2)n1. The Hall–Kier alpha value is -1.11. The molecule has 4 nitrogen and oxygen atoms in total. The van der Waals surface area contributed by atoms with E-state index in [4.69, 9.17) is 0 Å². The number of hydrogen-bond acceptors (Lipinski definition) is 3. The molecular formula is C8H11F3N4. The van der Waals surface area contributed by atoms with Gasteiger partial charge < -0.3 is 5.32 Å². The van der Waals surface area contributed by atoms with E-state index in [-0.39, 0.29) is 5.92 Å². The lowest BCUT2D eigenvalue weighted by Gasteiger charge is -2.19. The van der Waals surface area contributed by atoms with Crippen LogP contribution in [0.2, 0.25) is 0 Å². The summed E-state index contributed by atoms with van der Waals surface area (Å²) in [5.41, 5.74) is 0. The molecule has 2 N–H and O–H groups in total. The van der Waals surface area contributed by atoms with E-state index in [1.165, 1.54) is 0 Å². The third kappa shape index (κ3) is 2.28. The van der Waals surface area contributed by atoms with Gasteiger partial charge in [0.2, 0.25) is 0 Å². The number of aromatic amines is 1. The van der Waals surface area contributed by atoms with E-state index in [9.17, 15) is 13.2 Å².